The summed E-state index contributed by atoms with van der Waals surface area (Å²) < 4.78 is 5.55. The quantitative estimate of drug-likeness (QED) is 0.578. The average Bonchev–Trinajstić information content (AvgIpc) is 1.96. The highest BCUT2D eigenvalue weighted by atomic mass is 16.5. The lowest BCUT2D eigenvalue weighted by molar-refractivity contribution is -0.133. The number of hydrogen-bond donors (Lipinski definition) is 0. The minimum atomic E-state index is -0.820. The van der Waals surface area contributed by atoms with Gasteiger partial charge in [0.15, 0.2) is 5.78 Å². The molecule has 1 unspecified atom stereocenters. The van der Waals surface area contributed by atoms with Gasteiger partial charge in [0.1, 0.15) is 17.3 Å². The Hall–Kier alpha value is -0.700. The molecule has 0 bridgehead atoms. The van der Waals surface area contributed by atoms with Crippen molar-refractivity contribution in [2.45, 2.75) is 45.8 Å². The van der Waals surface area contributed by atoms with E-state index in [2.05, 4.69) is 0 Å². The smallest absolute Gasteiger partial charge is 0.177 e. The van der Waals surface area contributed by atoms with Crippen molar-refractivity contribution in [2.24, 2.45) is 5.92 Å². The largest absolute Gasteiger partial charge is 0.361 e. The van der Waals surface area contributed by atoms with Crippen LogP contribution in [0.1, 0.15) is 34.6 Å². The minimum Gasteiger partial charge on any atom is -0.361 e. The van der Waals surface area contributed by atoms with Crippen LogP contribution in [0.5, 0.6) is 0 Å². The molecule has 0 N–H and O–H groups in total. The molecule has 74 valence electrons. The standard InChI is InChI=1S/C10H16O3/c1-6(11)7-8(12)10(4,5)13-9(7,2)3/h7H,1-5H3. The molecular weight excluding hydrogens is 168 g/mol. The number of hydrogen-bond acceptors (Lipinski definition) is 3. The highest BCUT2D eigenvalue weighted by Gasteiger charge is 2.55. The van der Waals surface area contributed by atoms with E-state index < -0.39 is 17.1 Å². The van der Waals surface area contributed by atoms with Gasteiger partial charge in [0.2, 0.25) is 0 Å². The zero-order chi connectivity index (χ0) is 10.4. The minimum absolute atomic E-state index is 0.106. The highest BCUT2D eigenvalue weighted by Crippen LogP contribution is 2.39. The molecule has 13 heavy (non-hydrogen) atoms. The van der Waals surface area contributed by atoms with Crippen LogP contribution in [-0.4, -0.2) is 22.8 Å². The monoisotopic (exact) mass is 184 g/mol. The normalized spacial score (nSPS) is 30.5. The lowest BCUT2D eigenvalue weighted by atomic mass is 9.83. The first-order valence-corrected chi connectivity index (χ1v) is 4.43. The van der Waals surface area contributed by atoms with Crippen LogP contribution in [0.15, 0.2) is 0 Å². The van der Waals surface area contributed by atoms with Crippen LogP contribution < -0.4 is 0 Å². The summed E-state index contributed by atoms with van der Waals surface area (Å²) in [5.74, 6) is -0.826. The van der Waals surface area contributed by atoms with E-state index in [1.807, 2.05) is 0 Å². The number of ketones is 2. The van der Waals surface area contributed by atoms with Crippen molar-refractivity contribution in [3.8, 4) is 0 Å². The third-order valence-corrected chi connectivity index (χ3v) is 2.48. The Bertz CT molecular complexity index is 263. The summed E-state index contributed by atoms with van der Waals surface area (Å²) >= 11 is 0. The van der Waals surface area contributed by atoms with Crippen molar-refractivity contribution in [3.63, 3.8) is 0 Å². The summed E-state index contributed by atoms with van der Waals surface area (Å²) in [7, 11) is 0. The number of rotatable bonds is 1. The molecule has 1 fully saturated rings. The molecule has 0 spiro atoms. The molecule has 1 heterocycles. The van der Waals surface area contributed by atoms with E-state index in [0.717, 1.165) is 0 Å². The molecular formula is C10H16O3. The molecule has 0 radical (unpaired) electrons. The summed E-state index contributed by atoms with van der Waals surface area (Å²) in [5, 5.41) is 0. The number of ether oxygens (including phenoxy) is 1. The van der Waals surface area contributed by atoms with Crippen LogP contribution in [0, 0.1) is 5.92 Å². The average molecular weight is 184 g/mol. The maximum atomic E-state index is 11.7. The summed E-state index contributed by atoms with van der Waals surface area (Å²) in [5.41, 5.74) is -1.48. The Kier molecular flexibility index (Phi) is 2.11. The Balaban J connectivity index is 3.09. The van der Waals surface area contributed by atoms with Crippen molar-refractivity contribution in [1.82, 2.24) is 0 Å². The fraction of sp³-hybridized carbons (Fsp3) is 0.800. The molecule has 3 nitrogen and oxygen atoms in total. The first-order valence-electron chi connectivity index (χ1n) is 4.43. The topological polar surface area (TPSA) is 43.4 Å². The van der Waals surface area contributed by atoms with E-state index in [0.29, 0.717) is 0 Å². The second-order valence-electron chi connectivity index (χ2n) is 4.62. The van der Waals surface area contributed by atoms with Gasteiger partial charge in [-0.3, -0.25) is 9.59 Å². The molecule has 0 amide bonds. The molecule has 1 aliphatic rings. The van der Waals surface area contributed by atoms with Gasteiger partial charge in [-0.05, 0) is 34.6 Å². The van der Waals surface area contributed by atoms with Gasteiger partial charge in [0, 0.05) is 0 Å². The van der Waals surface area contributed by atoms with E-state index in [4.69, 9.17) is 4.74 Å². The van der Waals surface area contributed by atoms with Crippen LogP contribution in [0.3, 0.4) is 0 Å². The van der Waals surface area contributed by atoms with Gasteiger partial charge in [-0.1, -0.05) is 0 Å². The Morgan fingerprint density at radius 1 is 1.31 bits per heavy atom. The van der Waals surface area contributed by atoms with Gasteiger partial charge in [-0.15, -0.1) is 0 Å². The van der Waals surface area contributed by atoms with Crippen LogP contribution in [0.4, 0.5) is 0 Å². The van der Waals surface area contributed by atoms with Crippen molar-refractivity contribution >= 4 is 11.6 Å². The van der Waals surface area contributed by atoms with E-state index in [1.165, 1.54) is 6.92 Å². The summed E-state index contributed by atoms with van der Waals surface area (Å²) in [6, 6.07) is 0. The summed E-state index contributed by atoms with van der Waals surface area (Å²) in [6.07, 6.45) is 0. The Morgan fingerprint density at radius 2 is 1.77 bits per heavy atom. The van der Waals surface area contributed by atoms with Crippen LogP contribution >= 0.6 is 0 Å². The highest BCUT2D eigenvalue weighted by molar-refractivity contribution is 6.07. The summed E-state index contributed by atoms with van der Waals surface area (Å²) in [4.78, 5) is 23.0. The second kappa shape index (κ2) is 2.64. The van der Waals surface area contributed by atoms with Crippen molar-refractivity contribution in [3.05, 3.63) is 0 Å². The first kappa shape index (κ1) is 10.4. The van der Waals surface area contributed by atoms with Gasteiger partial charge in [0.25, 0.3) is 0 Å². The Morgan fingerprint density at radius 3 is 1.92 bits per heavy atom. The van der Waals surface area contributed by atoms with Crippen molar-refractivity contribution in [2.75, 3.05) is 0 Å². The van der Waals surface area contributed by atoms with Crippen molar-refractivity contribution < 1.29 is 14.3 Å². The molecule has 1 saturated heterocycles. The molecule has 1 rings (SSSR count). The first-order chi connectivity index (χ1) is 5.68. The molecule has 0 saturated carbocycles. The molecule has 0 aromatic rings. The van der Waals surface area contributed by atoms with Crippen molar-refractivity contribution in [1.29, 1.82) is 0 Å². The zero-order valence-corrected chi connectivity index (χ0v) is 8.80. The van der Waals surface area contributed by atoms with Gasteiger partial charge in [-0.25, -0.2) is 0 Å². The fourth-order valence-electron chi connectivity index (χ4n) is 2.10. The lowest BCUT2D eigenvalue weighted by Crippen LogP contribution is -2.35. The Labute approximate surface area is 78.5 Å². The van der Waals surface area contributed by atoms with Crippen LogP contribution in [-0.2, 0) is 14.3 Å². The SMILES string of the molecule is CC(=O)C1C(=O)C(C)(C)OC1(C)C. The van der Waals surface area contributed by atoms with E-state index in [1.54, 1.807) is 27.7 Å². The molecule has 1 aliphatic heterocycles. The lowest BCUT2D eigenvalue weighted by Gasteiger charge is -2.24. The van der Waals surface area contributed by atoms with Gasteiger partial charge >= 0.3 is 0 Å². The molecule has 1 atom stereocenters. The molecule has 3 heteroatoms. The zero-order valence-electron chi connectivity index (χ0n) is 8.80. The van der Waals surface area contributed by atoms with Crippen LogP contribution in [0.25, 0.3) is 0 Å². The predicted octanol–water partition coefficient (Wildman–Crippen LogP) is 1.35. The van der Waals surface area contributed by atoms with Gasteiger partial charge in [0.05, 0.1) is 5.60 Å². The maximum absolute atomic E-state index is 11.7. The maximum Gasteiger partial charge on any atom is 0.177 e. The van der Waals surface area contributed by atoms with Gasteiger partial charge < -0.3 is 4.74 Å². The number of carbonyl (C=O) groups excluding carboxylic acids is 2. The van der Waals surface area contributed by atoms with E-state index in [9.17, 15) is 9.59 Å². The fourth-order valence-corrected chi connectivity index (χ4v) is 2.10. The van der Waals surface area contributed by atoms with E-state index >= 15 is 0 Å². The second-order valence-corrected chi connectivity index (χ2v) is 4.62. The molecule has 0 aliphatic carbocycles. The third-order valence-electron chi connectivity index (χ3n) is 2.48. The van der Waals surface area contributed by atoms with Crippen LogP contribution in [0.2, 0.25) is 0 Å². The third kappa shape index (κ3) is 1.53. The molecule has 0 aromatic carbocycles. The number of Topliss-reactive ketones (excluding diaryl/α,β-unsaturated/α-hetero) is 2. The summed E-state index contributed by atoms with van der Waals surface area (Å²) in [6.45, 7) is 8.42. The molecule has 0 aromatic heterocycles. The van der Waals surface area contributed by atoms with E-state index in [-0.39, 0.29) is 11.6 Å². The van der Waals surface area contributed by atoms with Gasteiger partial charge in [-0.2, -0.15) is 0 Å². The predicted molar refractivity (Wildman–Crippen MR) is 48.4 cm³/mol. The number of carbonyl (C=O) groups is 2.